The zero-order valence-corrected chi connectivity index (χ0v) is 22.3. The van der Waals surface area contributed by atoms with Crippen molar-refractivity contribution < 1.29 is 9.59 Å². The molecule has 6 heteroatoms. The van der Waals surface area contributed by atoms with Crippen molar-refractivity contribution in [2.45, 2.75) is 64.5 Å². The van der Waals surface area contributed by atoms with Crippen LogP contribution in [0, 0.1) is 5.41 Å². The van der Waals surface area contributed by atoms with Gasteiger partial charge in [-0.1, -0.05) is 73.5 Å². The van der Waals surface area contributed by atoms with Gasteiger partial charge in [-0.25, -0.2) is 0 Å². The van der Waals surface area contributed by atoms with Gasteiger partial charge in [-0.15, -0.1) is 6.58 Å². The third-order valence-electron chi connectivity index (χ3n) is 7.11. The molecule has 1 unspecified atom stereocenters. The molecule has 2 saturated heterocycles. The Morgan fingerprint density at radius 3 is 2.26 bits per heavy atom. The lowest BCUT2D eigenvalue weighted by molar-refractivity contribution is -0.154. The Morgan fingerprint density at radius 2 is 1.74 bits per heavy atom. The number of carbonyl (C=O) groups is 2. The number of benzene rings is 2. The molecule has 0 bridgehead atoms. The van der Waals surface area contributed by atoms with E-state index in [4.69, 9.17) is 23.2 Å². The fourth-order valence-electron chi connectivity index (χ4n) is 5.07. The monoisotopic (exact) mass is 514 g/mol. The smallest absolute Gasteiger partial charge is 0.229 e. The van der Waals surface area contributed by atoms with Crippen LogP contribution in [-0.4, -0.2) is 40.7 Å². The summed E-state index contributed by atoms with van der Waals surface area (Å²) in [5.41, 5.74) is 0.692. The first-order valence-corrected chi connectivity index (χ1v) is 13.2. The number of allylic oxidation sites excluding steroid dienone is 1. The molecule has 4 rings (SSSR count). The second-order valence-electron chi connectivity index (χ2n) is 9.67. The van der Waals surface area contributed by atoms with Crippen LogP contribution in [0.15, 0.2) is 67.3 Å². The topological polar surface area (TPSA) is 40.6 Å². The van der Waals surface area contributed by atoms with Crippen LogP contribution in [-0.2, 0) is 9.59 Å². The molecule has 2 aromatic carbocycles. The maximum absolute atomic E-state index is 13.7. The molecular formula is C29H36Cl2N2O2. The Balaban J connectivity index is 0.000000420. The van der Waals surface area contributed by atoms with Crippen molar-refractivity contribution in [3.63, 3.8) is 0 Å². The van der Waals surface area contributed by atoms with Crippen LogP contribution in [0.25, 0.3) is 0 Å². The normalized spacial score (nSPS) is 23.0. The van der Waals surface area contributed by atoms with E-state index in [0.717, 1.165) is 42.8 Å². The maximum atomic E-state index is 13.7. The summed E-state index contributed by atoms with van der Waals surface area (Å²) in [5, 5.41) is 1.49. The summed E-state index contributed by atoms with van der Waals surface area (Å²) in [6, 6.07) is 17.3. The Labute approximate surface area is 219 Å². The number of hydrogen-bond donors (Lipinski definition) is 0. The molecule has 0 aromatic heterocycles. The van der Waals surface area contributed by atoms with Crippen LogP contribution in [0.3, 0.4) is 0 Å². The summed E-state index contributed by atoms with van der Waals surface area (Å²) in [5.74, 6) is 0.386. The van der Waals surface area contributed by atoms with Crippen LogP contribution in [0.1, 0.15) is 64.0 Å². The van der Waals surface area contributed by atoms with Gasteiger partial charge in [0.1, 0.15) is 0 Å². The van der Waals surface area contributed by atoms with E-state index in [-0.39, 0.29) is 23.9 Å². The third kappa shape index (κ3) is 6.89. The van der Waals surface area contributed by atoms with E-state index in [2.05, 4.69) is 25.3 Å². The third-order valence-corrected chi connectivity index (χ3v) is 7.61. The van der Waals surface area contributed by atoms with Gasteiger partial charge in [0.25, 0.3) is 0 Å². The van der Waals surface area contributed by atoms with Gasteiger partial charge < -0.3 is 9.80 Å². The standard InChI is InChI=1S/C23H31ClN2O2.C6H5Cl/c1-4-13-23(3)14-12-20(17-8-10-18(24)11-9-17)26(22(23)28)19(5-2)16-25-15-6-7-21(25)27;7-6-4-2-1-3-5-6/h4,8-11,19-20H,1,5-7,12-16H2,2-3H3;1-5H/t19-,20?,23-;/m0./s1. The van der Waals surface area contributed by atoms with Gasteiger partial charge in [-0.2, -0.15) is 0 Å². The Kier molecular flexibility index (Phi) is 9.82. The van der Waals surface area contributed by atoms with Gasteiger partial charge in [0, 0.05) is 35.6 Å². The molecule has 2 aliphatic rings. The second-order valence-corrected chi connectivity index (χ2v) is 10.5. The summed E-state index contributed by atoms with van der Waals surface area (Å²) in [4.78, 5) is 29.9. The number of amides is 2. The van der Waals surface area contributed by atoms with Gasteiger partial charge in [0.2, 0.25) is 11.8 Å². The summed E-state index contributed by atoms with van der Waals surface area (Å²) < 4.78 is 0. The van der Waals surface area contributed by atoms with Gasteiger partial charge in [0.15, 0.2) is 0 Å². The van der Waals surface area contributed by atoms with Crippen LogP contribution in [0.5, 0.6) is 0 Å². The summed E-state index contributed by atoms with van der Waals surface area (Å²) >= 11 is 11.6. The van der Waals surface area contributed by atoms with Gasteiger partial charge in [0.05, 0.1) is 11.5 Å². The first-order chi connectivity index (χ1) is 16.8. The molecular weight excluding hydrogens is 479 g/mol. The minimum absolute atomic E-state index is 0.0136. The zero-order chi connectivity index (χ0) is 25.4. The average molecular weight is 516 g/mol. The summed E-state index contributed by atoms with van der Waals surface area (Å²) in [7, 11) is 0. The highest BCUT2D eigenvalue weighted by molar-refractivity contribution is 6.30. The number of halogens is 2. The van der Waals surface area contributed by atoms with Crippen molar-refractivity contribution in [3.8, 4) is 0 Å². The quantitative estimate of drug-likeness (QED) is 0.363. The van der Waals surface area contributed by atoms with Crippen molar-refractivity contribution in [1.82, 2.24) is 9.80 Å². The molecule has 0 aliphatic carbocycles. The number of hydrogen-bond acceptors (Lipinski definition) is 2. The van der Waals surface area contributed by atoms with E-state index in [1.807, 2.05) is 65.6 Å². The van der Waals surface area contributed by atoms with Gasteiger partial charge in [-0.05, 0) is 61.9 Å². The van der Waals surface area contributed by atoms with Crippen LogP contribution in [0.2, 0.25) is 10.0 Å². The van der Waals surface area contributed by atoms with Crippen molar-refractivity contribution in [1.29, 1.82) is 0 Å². The predicted molar refractivity (Wildman–Crippen MR) is 145 cm³/mol. The Hall–Kier alpha value is -2.30. The molecule has 2 heterocycles. The lowest BCUT2D eigenvalue weighted by Crippen LogP contribution is -2.55. The SMILES string of the molecule is C=CC[C@@]1(C)CCC(c2ccc(Cl)cc2)N([C@@H](CC)CN2CCCC2=O)C1=O.Clc1ccccc1. The van der Waals surface area contributed by atoms with E-state index in [9.17, 15) is 9.59 Å². The van der Waals surface area contributed by atoms with Crippen molar-refractivity contribution in [2.24, 2.45) is 5.41 Å². The molecule has 188 valence electrons. The highest BCUT2D eigenvalue weighted by Crippen LogP contribution is 2.44. The van der Waals surface area contributed by atoms with Crippen LogP contribution >= 0.6 is 23.2 Å². The summed E-state index contributed by atoms with van der Waals surface area (Å²) in [6.45, 7) is 9.44. The maximum Gasteiger partial charge on any atom is 0.229 e. The average Bonchev–Trinajstić information content (AvgIpc) is 3.25. The van der Waals surface area contributed by atoms with Crippen molar-refractivity contribution in [3.05, 3.63) is 82.9 Å². The largest absolute Gasteiger partial charge is 0.341 e. The minimum atomic E-state index is -0.423. The van der Waals surface area contributed by atoms with Crippen molar-refractivity contribution in [2.75, 3.05) is 13.1 Å². The number of piperidine rings is 1. The number of rotatable bonds is 7. The van der Waals surface area contributed by atoms with E-state index in [0.29, 0.717) is 24.4 Å². The van der Waals surface area contributed by atoms with E-state index >= 15 is 0 Å². The molecule has 2 fully saturated rings. The van der Waals surface area contributed by atoms with E-state index in [1.54, 1.807) is 0 Å². The van der Waals surface area contributed by atoms with Gasteiger partial charge in [-0.3, -0.25) is 9.59 Å². The van der Waals surface area contributed by atoms with Gasteiger partial charge >= 0.3 is 0 Å². The minimum Gasteiger partial charge on any atom is -0.341 e. The second kappa shape index (κ2) is 12.6. The fourth-order valence-corrected chi connectivity index (χ4v) is 5.35. The van der Waals surface area contributed by atoms with Crippen molar-refractivity contribution >= 4 is 35.0 Å². The first-order valence-electron chi connectivity index (χ1n) is 12.5. The molecule has 2 amide bonds. The Bertz CT molecular complexity index is 996. The van der Waals surface area contributed by atoms with E-state index in [1.165, 1.54) is 0 Å². The zero-order valence-electron chi connectivity index (χ0n) is 20.8. The lowest BCUT2D eigenvalue weighted by Gasteiger charge is -2.48. The molecule has 3 atom stereocenters. The lowest BCUT2D eigenvalue weighted by atomic mass is 9.74. The number of likely N-dealkylation sites (tertiary alicyclic amines) is 2. The molecule has 0 saturated carbocycles. The predicted octanol–water partition coefficient (Wildman–Crippen LogP) is 7.33. The molecule has 2 aromatic rings. The van der Waals surface area contributed by atoms with Crippen LogP contribution < -0.4 is 0 Å². The molecule has 0 radical (unpaired) electrons. The highest BCUT2D eigenvalue weighted by atomic mass is 35.5. The molecule has 4 nitrogen and oxygen atoms in total. The number of carbonyl (C=O) groups excluding carboxylic acids is 2. The summed E-state index contributed by atoms with van der Waals surface area (Å²) in [6.07, 6.45) is 6.63. The highest BCUT2D eigenvalue weighted by Gasteiger charge is 2.46. The van der Waals surface area contributed by atoms with Crippen LogP contribution in [0.4, 0.5) is 0 Å². The molecule has 2 aliphatic heterocycles. The molecule has 0 N–H and O–H groups in total. The first kappa shape index (κ1) is 27.3. The molecule has 35 heavy (non-hydrogen) atoms. The number of nitrogens with zero attached hydrogens (tertiary/aromatic N) is 2. The fraction of sp³-hybridized carbons (Fsp3) is 0.448. The van der Waals surface area contributed by atoms with E-state index < -0.39 is 5.41 Å². The Morgan fingerprint density at radius 1 is 1.09 bits per heavy atom. The molecule has 0 spiro atoms.